The Hall–Kier alpha value is -0.260. The topological polar surface area (TPSA) is 38.7 Å². The van der Waals surface area contributed by atoms with E-state index in [1.807, 2.05) is 0 Å². The molecule has 0 amide bonds. The van der Waals surface area contributed by atoms with Gasteiger partial charge in [0.2, 0.25) is 0 Å². The number of rotatable bonds is 6. The van der Waals surface area contributed by atoms with Gasteiger partial charge in [-0.1, -0.05) is 0 Å². The van der Waals surface area contributed by atoms with Crippen molar-refractivity contribution in [1.82, 2.24) is 0 Å². The zero-order chi connectivity index (χ0) is 8.74. The number of ether oxygens (including phenoxy) is 2. The summed E-state index contributed by atoms with van der Waals surface area (Å²) < 4.78 is 32.5. The van der Waals surface area contributed by atoms with Gasteiger partial charge in [-0.25, -0.2) is 0 Å². The lowest BCUT2D eigenvalue weighted by molar-refractivity contribution is -0.229. The van der Waals surface area contributed by atoms with Crippen LogP contribution in [0.1, 0.15) is 6.92 Å². The molecule has 0 atom stereocenters. The van der Waals surface area contributed by atoms with Gasteiger partial charge in [0, 0.05) is 6.92 Å². The van der Waals surface area contributed by atoms with Crippen LogP contribution in [-0.2, 0) is 9.47 Å². The number of aliphatic hydroxyl groups is 1. The van der Waals surface area contributed by atoms with Gasteiger partial charge in [-0.15, -0.1) is 0 Å². The van der Waals surface area contributed by atoms with Crippen LogP contribution in [0.4, 0.5) is 8.78 Å². The van der Waals surface area contributed by atoms with Gasteiger partial charge in [0.1, 0.15) is 0 Å². The molecule has 11 heavy (non-hydrogen) atoms. The standard InChI is InChI=1S/C6H12F2O3/c1-6(7,8)11-5-4-10-3-2-9/h9H,2-5H2,1H3. The summed E-state index contributed by atoms with van der Waals surface area (Å²) >= 11 is 0. The maximum Gasteiger partial charge on any atom is 0.353 e. The first-order valence-corrected chi connectivity index (χ1v) is 3.26. The molecule has 0 heterocycles. The number of halogens is 2. The lowest BCUT2D eigenvalue weighted by atomic mass is 10.7. The van der Waals surface area contributed by atoms with Gasteiger partial charge in [0.15, 0.2) is 0 Å². The fraction of sp³-hybridized carbons (Fsp3) is 1.00. The normalized spacial score (nSPS) is 12.0. The Kier molecular flexibility index (Phi) is 5.27. The van der Waals surface area contributed by atoms with Crippen molar-refractivity contribution in [1.29, 1.82) is 0 Å². The maximum absolute atomic E-state index is 11.9. The Labute approximate surface area is 63.9 Å². The van der Waals surface area contributed by atoms with Crippen LogP contribution in [0, 0.1) is 0 Å². The highest BCUT2D eigenvalue weighted by atomic mass is 19.3. The van der Waals surface area contributed by atoms with E-state index in [0.717, 1.165) is 0 Å². The van der Waals surface area contributed by atoms with Crippen LogP contribution >= 0.6 is 0 Å². The Morgan fingerprint density at radius 2 is 1.91 bits per heavy atom. The fourth-order valence-corrected chi connectivity index (χ4v) is 0.446. The SMILES string of the molecule is CC(F)(F)OCCOCCO. The summed E-state index contributed by atoms with van der Waals surface area (Å²) in [7, 11) is 0. The minimum Gasteiger partial charge on any atom is -0.394 e. The number of aliphatic hydroxyl groups excluding tert-OH is 1. The summed E-state index contributed by atoms with van der Waals surface area (Å²) in [6.07, 6.45) is -3.09. The smallest absolute Gasteiger partial charge is 0.353 e. The maximum atomic E-state index is 11.9. The quantitative estimate of drug-likeness (QED) is 0.594. The summed E-state index contributed by atoms with van der Waals surface area (Å²) in [5.41, 5.74) is 0. The second-order valence-electron chi connectivity index (χ2n) is 1.99. The van der Waals surface area contributed by atoms with Crippen molar-refractivity contribution >= 4 is 0 Å². The molecule has 0 rings (SSSR count). The van der Waals surface area contributed by atoms with E-state index in [-0.39, 0.29) is 26.4 Å². The molecular formula is C6H12F2O3. The first kappa shape index (κ1) is 10.7. The molecule has 0 spiro atoms. The molecule has 0 aliphatic heterocycles. The molecule has 0 fully saturated rings. The lowest BCUT2D eigenvalue weighted by Gasteiger charge is -2.10. The predicted octanol–water partition coefficient (Wildman–Crippen LogP) is 0.625. The van der Waals surface area contributed by atoms with Crippen LogP contribution in [0.3, 0.4) is 0 Å². The second kappa shape index (κ2) is 5.40. The molecule has 1 N–H and O–H groups in total. The third-order valence-corrected chi connectivity index (χ3v) is 0.819. The first-order valence-electron chi connectivity index (χ1n) is 3.26. The molecule has 0 aliphatic carbocycles. The van der Waals surface area contributed by atoms with Gasteiger partial charge in [-0.05, 0) is 0 Å². The summed E-state index contributed by atoms with van der Waals surface area (Å²) in [6, 6.07) is 0. The summed E-state index contributed by atoms with van der Waals surface area (Å²) in [4.78, 5) is 0. The zero-order valence-corrected chi connectivity index (χ0v) is 6.35. The first-order chi connectivity index (χ1) is 5.06. The number of hydrogen-bond donors (Lipinski definition) is 1. The van der Waals surface area contributed by atoms with Gasteiger partial charge in [-0.2, -0.15) is 8.78 Å². The summed E-state index contributed by atoms with van der Waals surface area (Å²) in [5.74, 6) is 0. The molecule has 0 aromatic carbocycles. The lowest BCUT2D eigenvalue weighted by Crippen LogP contribution is -2.19. The zero-order valence-electron chi connectivity index (χ0n) is 6.35. The third-order valence-electron chi connectivity index (χ3n) is 0.819. The van der Waals surface area contributed by atoms with E-state index < -0.39 is 6.11 Å². The van der Waals surface area contributed by atoms with Gasteiger partial charge in [0.05, 0.1) is 26.4 Å². The largest absolute Gasteiger partial charge is 0.394 e. The van der Waals surface area contributed by atoms with Crippen molar-refractivity contribution in [3.05, 3.63) is 0 Å². The van der Waals surface area contributed by atoms with Crippen LogP contribution < -0.4 is 0 Å². The highest BCUT2D eigenvalue weighted by Crippen LogP contribution is 2.11. The molecule has 0 bridgehead atoms. The van der Waals surface area contributed by atoms with Crippen molar-refractivity contribution in [2.75, 3.05) is 26.4 Å². The van der Waals surface area contributed by atoms with E-state index in [0.29, 0.717) is 6.92 Å². The average Bonchev–Trinajstić information content (AvgIpc) is 1.85. The molecule has 0 unspecified atom stereocenters. The molecule has 0 aromatic rings. The molecule has 0 radical (unpaired) electrons. The van der Waals surface area contributed by atoms with Crippen LogP contribution in [0.5, 0.6) is 0 Å². The number of hydrogen-bond acceptors (Lipinski definition) is 3. The highest BCUT2D eigenvalue weighted by Gasteiger charge is 2.20. The summed E-state index contributed by atoms with van der Waals surface area (Å²) in [5, 5.41) is 8.21. The van der Waals surface area contributed by atoms with Gasteiger partial charge in [0.25, 0.3) is 0 Å². The molecule has 5 heteroatoms. The Bertz CT molecular complexity index is 92.3. The molecule has 68 valence electrons. The number of alkyl halides is 2. The fourth-order valence-electron chi connectivity index (χ4n) is 0.446. The second-order valence-corrected chi connectivity index (χ2v) is 1.99. The third kappa shape index (κ3) is 9.74. The van der Waals surface area contributed by atoms with Gasteiger partial charge >= 0.3 is 6.11 Å². The Balaban J connectivity index is 3.02. The Morgan fingerprint density at radius 1 is 1.27 bits per heavy atom. The van der Waals surface area contributed by atoms with Crippen molar-refractivity contribution in [3.8, 4) is 0 Å². The van der Waals surface area contributed by atoms with Crippen molar-refractivity contribution < 1.29 is 23.4 Å². The van der Waals surface area contributed by atoms with E-state index >= 15 is 0 Å². The van der Waals surface area contributed by atoms with Crippen molar-refractivity contribution in [2.24, 2.45) is 0 Å². The van der Waals surface area contributed by atoms with Crippen LogP contribution in [0.25, 0.3) is 0 Å². The molecule has 0 aliphatic rings. The van der Waals surface area contributed by atoms with Gasteiger partial charge in [-0.3, -0.25) is 0 Å². The summed E-state index contributed by atoms with van der Waals surface area (Å²) in [6.45, 7) is 0.619. The van der Waals surface area contributed by atoms with E-state index in [1.54, 1.807) is 0 Å². The van der Waals surface area contributed by atoms with Crippen molar-refractivity contribution in [2.45, 2.75) is 13.0 Å². The average molecular weight is 170 g/mol. The molecular weight excluding hydrogens is 158 g/mol. The molecule has 3 nitrogen and oxygen atoms in total. The van der Waals surface area contributed by atoms with Crippen molar-refractivity contribution in [3.63, 3.8) is 0 Å². The highest BCUT2D eigenvalue weighted by molar-refractivity contribution is 4.38. The van der Waals surface area contributed by atoms with Crippen LogP contribution in [0.15, 0.2) is 0 Å². The molecule has 0 saturated carbocycles. The van der Waals surface area contributed by atoms with E-state index in [4.69, 9.17) is 5.11 Å². The monoisotopic (exact) mass is 170 g/mol. The molecule has 0 saturated heterocycles. The van der Waals surface area contributed by atoms with E-state index in [2.05, 4.69) is 9.47 Å². The van der Waals surface area contributed by atoms with Crippen LogP contribution in [0.2, 0.25) is 0 Å². The van der Waals surface area contributed by atoms with E-state index in [1.165, 1.54) is 0 Å². The van der Waals surface area contributed by atoms with E-state index in [9.17, 15) is 8.78 Å². The Morgan fingerprint density at radius 3 is 2.36 bits per heavy atom. The predicted molar refractivity (Wildman–Crippen MR) is 34.5 cm³/mol. The minimum atomic E-state index is -3.09. The van der Waals surface area contributed by atoms with Gasteiger partial charge < -0.3 is 14.6 Å². The van der Waals surface area contributed by atoms with Crippen LogP contribution in [-0.4, -0.2) is 37.6 Å². The molecule has 0 aromatic heterocycles. The minimum absolute atomic E-state index is 0.0734.